The molecule has 2 aliphatic heterocycles. The van der Waals surface area contributed by atoms with Crippen LogP contribution in [0.5, 0.6) is 0 Å². The van der Waals surface area contributed by atoms with Gasteiger partial charge in [-0.2, -0.15) is 0 Å². The van der Waals surface area contributed by atoms with E-state index in [2.05, 4.69) is 22.4 Å². The van der Waals surface area contributed by atoms with Crippen molar-refractivity contribution >= 4 is 11.8 Å². The normalized spacial score (nSPS) is 20.3. The van der Waals surface area contributed by atoms with Gasteiger partial charge in [0.2, 0.25) is 5.91 Å². The summed E-state index contributed by atoms with van der Waals surface area (Å²) in [5.74, 6) is 0.0265. The van der Waals surface area contributed by atoms with Gasteiger partial charge >= 0.3 is 0 Å². The summed E-state index contributed by atoms with van der Waals surface area (Å²) in [6.45, 7) is 3.78. The highest BCUT2D eigenvalue weighted by Crippen LogP contribution is 2.44. The number of imidazole rings is 1. The maximum Gasteiger partial charge on any atom is 0.272 e. The average molecular weight is 396 g/mol. The third kappa shape index (κ3) is 3.79. The number of rotatable bonds is 4. The Labute approximate surface area is 171 Å². The van der Waals surface area contributed by atoms with Crippen LogP contribution in [-0.4, -0.2) is 52.0 Å². The molecule has 2 aromatic rings. The molecule has 1 saturated heterocycles. The molecule has 3 heterocycles. The third-order valence-corrected chi connectivity index (χ3v) is 6.03. The van der Waals surface area contributed by atoms with Gasteiger partial charge in [-0.25, -0.2) is 4.98 Å². The number of aromatic nitrogens is 2. The molecule has 154 valence electrons. The largest absolute Gasteiger partial charge is 0.366 e. The number of ether oxygens (including phenoxy) is 1. The minimum absolute atomic E-state index is 0.00261. The van der Waals surface area contributed by atoms with Crippen molar-refractivity contribution in [2.75, 3.05) is 19.6 Å². The molecule has 2 aliphatic rings. The van der Waals surface area contributed by atoms with Gasteiger partial charge < -0.3 is 19.5 Å². The lowest BCUT2D eigenvalue weighted by atomic mass is 9.77. The molecule has 1 atom stereocenters. The number of benzene rings is 1. The number of likely N-dealkylation sites (tertiary alicyclic amines) is 1. The zero-order valence-electron chi connectivity index (χ0n) is 17.1. The lowest BCUT2D eigenvalue weighted by molar-refractivity contribution is -0.147. The van der Waals surface area contributed by atoms with E-state index in [1.165, 1.54) is 11.1 Å². The van der Waals surface area contributed by atoms with Crippen LogP contribution in [0.15, 0.2) is 36.8 Å². The molecule has 1 N–H and O–H groups in total. The Balaban J connectivity index is 1.53. The first kappa shape index (κ1) is 19.6. The van der Waals surface area contributed by atoms with Crippen LogP contribution in [0, 0.1) is 0 Å². The molecule has 7 nitrogen and oxygen atoms in total. The fourth-order valence-electron chi connectivity index (χ4n) is 4.59. The van der Waals surface area contributed by atoms with Crippen LogP contribution in [0.1, 0.15) is 47.8 Å². The molecule has 0 aliphatic carbocycles. The van der Waals surface area contributed by atoms with E-state index in [4.69, 9.17) is 4.74 Å². The minimum atomic E-state index is -0.435. The molecule has 1 aromatic heterocycles. The maximum absolute atomic E-state index is 12.9. The van der Waals surface area contributed by atoms with E-state index in [1.54, 1.807) is 17.1 Å². The molecule has 0 radical (unpaired) electrons. The molecule has 29 heavy (non-hydrogen) atoms. The van der Waals surface area contributed by atoms with Crippen LogP contribution in [0.3, 0.4) is 0 Å². The van der Waals surface area contributed by atoms with Crippen LogP contribution in [0.2, 0.25) is 0 Å². The summed E-state index contributed by atoms with van der Waals surface area (Å²) in [4.78, 5) is 30.9. The summed E-state index contributed by atoms with van der Waals surface area (Å²) >= 11 is 0. The van der Waals surface area contributed by atoms with Crippen LogP contribution >= 0.6 is 0 Å². The van der Waals surface area contributed by atoms with Gasteiger partial charge in [-0.15, -0.1) is 0 Å². The first-order valence-electron chi connectivity index (χ1n) is 10.3. The monoisotopic (exact) mass is 396 g/mol. The number of aryl methyl sites for hydroxylation is 1. The number of nitrogens with zero attached hydrogens (tertiary/aromatic N) is 3. The number of nitrogens with one attached hydrogen (secondary N) is 1. The highest BCUT2D eigenvalue weighted by atomic mass is 16.5. The third-order valence-electron chi connectivity index (χ3n) is 6.03. The van der Waals surface area contributed by atoms with Gasteiger partial charge in [0.25, 0.3) is 5.91 Å². The zero-order valence-corrected chi connectivity index (χ0v) is 17.1. The van der Waals surface area contributed by atoms with E-state index in [9.17, 15) is 9.59 Å². The van der Waals surface area contributed by atoms with Crippen molar-refractivity contribution in [2.45, 2.75) is 44.3 Å². The summed E-state index contributed by atoms with van der Waals surface area (Å²) in [7, 11) is 1.83. The van der Waals surface area contributed by atoms with E-state index < -0.39 is 5.60 Å². The Morgan fingerprint density at radius 1 is 1.28 bits per heavy atom. The second-order valence-electron chi connectivity index (χ2n) is 7.94. The van der Waals surface area contributed by atoms with Crippen LogP contribution < -0.4 is 5.32 Å². The van der Waals surface area contributed by atoms with Crippen molar-refractivity contribution in [2.24, 2.45) is 7.05 Å². The second kappa shape index (κ2) is 7.99. The highest BCUT2D eigenvalue weighted by Gasteiger charge is 2.44. The van der Waals surface area contributed by atoms with Crippen molar-refractivity contribution in [3.63, 3.8) is 0 Å². The lowest BCUT2D eigenvalue weighted by Gasteiger charge is -2.47. The smallest absolute Gasteiger partial charge is 0.272 e. The van der Waals surface area contributed by atoms with Crippen molar-refractivity contribution in [3.05, 3.63) is 53.6 Å². The van der Waals surface area contributed by atoms with Crippen molar-refractivity contribution < 1.29 is 14.3 Å². The Kier molecular flexibility index (Phi) is 5.41. The highest BCUT2D eigenvalue weighted by molar-refractivity contribution is 5.92. The van der Waals surface area contributed by atoms with Gasteiger partial charge in [-0.05, 0) is 37.3 Å². The minimum Gasteiger partial charge on any atom is -0.366 e. The van der Waals surface area contributed by atoms with Crippen molar-refractivity contribution in [1.82, 2.24) is 19.8 Å². The van der Waals surface area contributed by atoms with E-state index in [-0.39, 0.29) is 17.9 Å². The summed E-state index contributed by atoms with van der Waals surface area (Å²) in [5, 5.41) is 2.87. The van der Waals surface area contributed by atoms with Crippen LogP contribution in [0.25, 0.3) is 0 Å². The molecule has 4 rings (SSSR count). The number of amides is 2. The molecular formula is C22H28N4O3. The fourth-order valence-corrected chi connectivity index (χ4v) is 4.59. The Morgan fingerprint density at radius 2 is 2.03 bits per heavy atom. The van der Waals surface area contributed by atoms with Crippen LogP contribution in [0.4, 0.5) is 0 Å². The SMILES string of the molecule is CCNC(=O)CC1Cc2ccccc2C2(CCN(C(=O)c3cncn3C)CC2)O1. The molecule has 7 heteroatoms. The first-order valence-corrected chi connectivity index (χ1v) is 10.3. The molecule has 0 bridgehead atoms. The Bertz CT molecular complexity index is 899. The zero-order chi connectivity index (χ0) is 20.4. The van der Waals surface area contributed by atoms with Crippen molar-refractivity contribution in [1.29, 1.82) is 0 Å². The molecule has 1 fully saturated rings. The molecule has 1 unspecified atom stereocenters. The maximum atomic E-state index is 12.9. The number of fused-ring (bicyclic) bond motifs is 2. The van der Waals surface area contributed by atoms with Gasteiger partial charge in [0.1, 0.15) is 5.69 Å². The van der Waals surface area contributed by atoms with E-state index >= 15 is 0 Å². The van der Waals surface area contributed by atoms with Gasteiger partial charge in [0, 0.05) is 26.7 Å². The Hall–Kier alpha value is -2.67. The van der Waals surface area contributed by atoms with Gasteiger partial charge in [0.05, 0.1) is 30.7 Å². The quantitative estimate of drug-likeness (QED) is 0.858. The fraction of sp³-hybridized carbons (Fsp3) is 0.500. The summed E-state index contributed by atoms with van der Waals surface area (Å²) < 4.78 is 8.34. The molecule has 1 spiro atoms. The van der Waals surface area contributed by atoms with E-state index in [1.807, 2.05) is 31.0 Å². The average Bonchev–Trinajstić information content (AvgIpc) is 3.14. The number of carbonyl (C=O) groups excluding carboxylic acids is 2. The van der Waals surface area contributed by atoms with E-state index in [0.29, 0.717) is 31.7 Å². The summed E-state index contributed by atoms with van der Waals surface area (Å²) in [5.41, 5.74) is 2.62. The van der Waals surface area contributed by atoms with Crippen molar-refractivity contribution in [3.8, 4) is 0 Å². The summed E-state index contributed by atoms with van der Waals surface area (Å²) in [6, 6.07) is 8.36. The van der Waals surface area contributed by atoms with Crippen LogP contribution in [-0.2, 0) is 28.6 Å². The number of hydrogen-bond donors (Lipinski definition) is 1. The molecule has 1 aromatic carbocycles. The van der Waals surface area contributed by atoms with E-state index in [0.717, 1.165) is 19.3 Å². The second-order valence-corrected chi connectivity index (χ2v) is 7.94. The standard InChI is InChI=1S/C22H28N4O3/c1-3-24-20(27)13-17-12-16-6-4-5-7-18(16)22(29-17)8-10-26(11-9-22)21(28)19-14-23-15-25(19)2/h4-7,14-15,17H,3,8-13H2,1-2H3,(H,24,27). The molecular weight excluding hydrogens is 368 g/mol. The topological polar surface area (TPSA) is 76.5 Å². The first-order chi connectivity index (χ1) is 14.0. The number of carbonyl (C=O) groups is 2. The molecule has 2 amide bonds. The predicted molar refractivity (Wildman–Crippen MR) is 108 cm³/mol. The van der Waals surface area contributed by atoms with Gasteiger partial charge in [0.15, 0.2) is 0 Å². The lowest BCUT2D eigenvalue weighted by Crippen LogP contribution is -2.51. The molecule has 0 saturated carbocycles. The van der Waals surface area contributed by atoms with Gasteiger partial charge in [-0.1, -0.05) is 24.3 Å². The number of piperidine rings is 1. The summed E-state index contributed by atoms with van der Waals surface area (Å²) in [6.07, 6.45) is 5.66. The Morgan fingerprint density at radius 3 is 2.72 bits per heavy atom. The predicted octanol–water partition coefficient (Wildman–Crippen LogP) is 2.02. The number of hydrogen-bond acceptors (Lipinski definition) is 4. The van der Waals surface area contributed by atoms with Gasteiger partial charge in [-0.3, -0.25) is 9.59 Å².